The van der Waals surface area contributed by atoms with Gasteiger partial charge in [0.2, 0.25) is 5.91 Å². The molecule has 0 heterocycles. The topological polar surface area (TPSA) is 58.6 Å². The Morgan fingerprint density at radius 1 is 1.33 bits per heavy atom. The molecule has 0 aromatic heterocycles. The number of ether oxygens (including phenoxy) is 1. The maximum absolute atomic E-state index is 11.1. The van der Waals surface area contributed by atoms with Gasteiger partial charge in [0.05, 0.1) is 24.9 Å². The Morgan fingerprint density at radius 3 is 2.72 bits per heavy atom. The van der Waals surface area contributed by atoms with Crippen LogP contribution >= 0.6 is 0 Å². The highest BCUT2D eigenvalue weighted by Gasteiger charge is 2.31. The highest BCUT2D eigenvalue weighted by molar-refractivity contribution is 5.73. The first-order valence-electron chi connectivity index (χ1n) is 5.96. The molecular weight excluding hydrogens is 230 g/mol. The molecule has 2 rings (SSSR count). The smallest absolute Gasteiger partial charge is 0.217 e. The summed E-state index contributed by atoms with van der Waals surface area (Å²) < 4.78 is 5.71. The second-order valence-corrected chi connectivity index (χ2v) is 4.36. The Hall–Kier alpha value is -1.65. The van der Waals surface area contributed by atoms with E-state index in [1.54, 1.807) is 12.2 Å². The predicted octanol–water partition coefficient (Wildman–Crippen LogP) is 1.01. The highest BCUT2D eigenvalue weighted by atomic mass is 16.5. The number of aliphatic hydroxyl groups is 1. The van der Waals surface area contributed by atoms with Crippen molar-refractivity contribution in [1.29, 1.82) is 0 Å². The third-order valence-corrected chi connectivity index (χ3v) is 2.88. The average Bonchev–Trinajstić information content (AvgIpc) is 2.69. The first-order valence-corrected chi connectivity index (χ1v) is 5.96. The number of rotatable bonds is 4. The molecule has 18 heavy (non-hydrogen) atoms. The molecule has 1 amide bonds. The molecule has 0 unspecified atom stereocenters. The van der Waals surface area contributed by atoms with Gasteiger partial charge in [0.15, 0.2) is 0 Å². The van der Waals surface area contributed by atoms with Crippen molar-refractivity contribution in [3.63, 3.8) is 0 Å². The lowest BCUT2D eigenvalue weighted by Gasteiger charge is -2.23. The second kappa shape index (κ2) is 5.80. The molecule has 1 aromatic carbocycles. The van der Waals surface area contributed by atoms with Gasteiger partial charge < -0.3 is 15.2 Å². The molecule has 0 fully saturated rings. The normalized spacial score (nSPS) is 26.2. The molecule has 2 N–H and O–H groups in total. The van der Waals surface area contributed by atoms with Crippen LogP contribution in [0.25, 0.3) is 0 Å². The summed E-state index contributed by atoms with van der Waals surface area (Å²) in [6.07, 6.45) is 2.46. The lowest BCUT2D eigenvalue weighted by Crippen LogP contribution is -2.46. The summed E-state index contributed by atoms with van der Waals surface area (Å²) in [5.41, 5.74) is 1.06. The Balaban J connectivity index is 1.92. The van der Waals surface area contributed by atoms with E-state index in [1.165, 1.54) is 6.92 Å². The minimum absolute atomic E-state index is 0.170. The standard InChI is InChI=1S/C14H17NO3/c1-10(16)15-14-12(17)7-8-13(14)18-9-11-5-3-2-4-6-11/h2-8,12-14,17H,9H2,1H3,(H,15,16)/t12-,13+,14+/m0/s1. The van der Waals surface area contributed by atoms with E-state index in [0.29, 0.717) is 6.61 Å². The van der Waals surface area contributed by atoms with Crippen LogP contribution in [0.2, 0.25) is 0 Å². The lowest BCUT2D eigenvalue weighted by molar-refractivity contribution is -0.121. The minimum atomic E-state index is -0.685. The molecule has 96 valence electrons. The molecule has 0 saturated heterocycles. The molecule has 1 aliphatic rings. The summed E-state index contributed by atoms with van der Waals surface area (Å²) >= 11 is 0. The minimum Gasteiger partial charge on any atom is -0.387 e. The van der Waals surface area contributed by atoms with Gasteiger partial charge >= 0.3 is 0 Å². The summed E-state index contributed by atoms with van der Waals surface area (Å²) in [6, 6.07) is 9.40. The van der Waals surface area contributed by atoms with Gasteiger partial charge in [0.1, 0.15) is 0 Å². The zero-order valence-corrected chi connectivity index (χ0v) is 10.2. The van der Waals surface area contributed by atoms with Gasteiger partial charge in [-0.3, -0.25) is 4.79 Å². The fourth-order valence-electron chi connectivity index (χ4n) is 1.99. The van der Waals surface area contributed by atoms with E-state index in [2.05, 4.69) is 5.32 Å². The van der Waals surface area contributed by atoms with E-state index >= 15 is 0 Å². The van der Waals surface area contributed by atoms with E-state index < -0.39 is 12.1 Å². The number of hydrogen-bond donors (Lipinski definition) is 2. The van der Waals surface area contributed by atoms with Gasteiger partial charge in [0, 0.05) is 6.92 Å². The SMILES string of the molecule is CC(=O)N[C@@H]1[C@@H](O)C=C[C@H]1OCc1ccccc1. The van der Waals surface area contributed by atoms with Crippen molar-refractivity contribution >= 4 is 5.91 Å². The molecule has 0 spiro atoms. The van der Waals surface area contributed by atoms with Crippen molar-refractivity contribution in [1.82, 2.24) is 5.32 Å². The van der Waals surface area contributed by atoms with Gasteiger partial charge in [-0.25, -0.2) is 0 Å². The molecule has 0 radical (unpaired) electrons. The second-order valence-electron chi connectivity index (χ2n) is 4.36. The lowest BCUT2D eigenvalue weighted by atomic mass is 10.1. The number of benzene rings is 1. The third-order valence-electron chi connectivity index (χ3n) is 2.88. The first-order chi connectivity index (χ1) is 8.66. The van der Waals surface area contributed by atoms with Crippen LogP contribution < -0.4 is 5.32 Å². The van der Waals surface area contributed by atoms with Crippen LogP contribution in [-0.2, 0) is 16.1 Å². The van der Waals surface area contributed by atoms with Crippen LogP contribution in [0.5, 0.6) is 0 Å². The van der Waals surface area contributed by atoms with Crippen LogP contribution in [0, 0.1) is 0 Å². The van der Waals surface area contributed by atoms with Crippen LogP contribution in [-0.4, -0.2) is 29.3 Å². The number of nitrogens with one attached hydrogen (secondary N) is 1. The van der Waals surface area contributed by atoms with E-state index in [9.17, 15) is 9.90 Å². The Labute approximate surface area is 106 Å². The Morgan fingerprint density at radius 2 is 2.06 bits per heavy atom. The molecule has 0 bridgehead atoms. The van der Waals surface area contributed by atoms with E-state index in [1.807, 2.05) is 30.3 Å². The molecule has 0 aliphatic heterocycles. The number of carbonyl (C=O) groups is 1. The van der Waals surface area contributed by atoms with Gasteiger partial charge in [-0.05, 0) is 5.56 Å². The van der Waals surface area contributed by atoms with Crippen molar-refractivity contribution in [3.8, 4) is 0 Å². The van der Waals surface area contributed by atoms with E-state index in [-0.39, 0.29) is 12.0 Å². The Bertz CT molecular complexity index is 430. The van der Waals surface area contributed by atoms with Crippen molar-refractivity contribution in [2.75, 3.05) is 0 Å². The first kappa shape index (κ1) is 12.8. The van der Waals surface area contributed by atoms with Gasteiger partial charge in [-0.1, -0.05) is 42.5 Å². The highest BCUT2D eigenvalue weighted by Crippen LogP contribution is 2.17. The van der Waals surface area contributed by atoms with Gasteiger partial charge in [-0.2, -0.15) is 0 Å². The third kappa shape index (κ3) is 3.18. The van der Waals surface area contributed by atoms with E-state index in [0.717, 1.165) is 5.56 Å². The van der Waals surface area contributed by atoms with Crippen molar-refractivity contribution in [2.45, 2.75) is 31.8 Å². The molecule has 0 saturated carbocycles. The maximum atomic E-state index is 11.1. The van der Waals surface area contributed by atoms with Crippen LogP contribution in [0.4, 0.5) is 0 Å². The molecule has 3 atom stereocenters. The van der Waals surface area contributed by atoms with Crippen molar-refractivity contribution in [2.24, 2.45) is 0 Å². The molecule has 1 aromatic rings. The number of aliphatic hydroxyl groups excluding tert-OH is 1. The fraction of sp³-hybridized carbons (Fsp3) is 0.357. The average molecular weight is 247 g/mol. The largest absolute Gasteiger partial charge is 0.387 e. The van der Waals surface area contributed by atoms with Crippen LogP contribution in [0.3, 0.4) is 0 Å². The number of hydrogen-bond acceptors (Lipinski definition) is 3. The molecule has 4 nitrogen and oxygen atoms in total. The fourth-order valence-corrected chi connectivity index (χ4v) is 1.99. The predicted molar refractivity (Wildman–Crippen MR) is 67.8 cm³/mol. The summed E-state index contributed by atoms with van der Waals surface area (Å²) in [5, 5.41) is 12.4. The van der Waals surface area contributed by atoms with Gasteiger partial charge in [0.25, 0.3) is 0 Å². The summed E-state index contributed by atoms with van der Waals surface area (Å²) in [7, 11) is 0. The van der Waals surface area contributed by atoms with E-state index in [4.69, 9.17) is 4.74 Å². The van der Waals surface area contributed by atoms with Crippen LogP contribution in [0.1, 0.15) is 12.5 Å². The monoisotopic (exact) mass is 247 g/mol. The molecule has 1 aliphatic carbocycles. The Kier molecular flexibility index (Phi) is 4.12. The summed E-state index contributed by atoms with van der Waals surface area (Å²) in [4.78, 5) is 11.1. The van der Waals surface area contributed by atoms with Crippen molar-refractivity contribution in [3.05, 3.63) is 48.0 Å². The number of amides is 1. The van der Waals surface area contributed by atoms with Crippen molar-refractivity contribution < 1.29 is 14.6 Å². The molecule has 4 heteroatoms. The number of carbonyl (C=O) groups excluding carboxylic acids is 1. The maximum Gasteiger partial charge on any atom is 0.217 e. The van der Waals surface area contributed by atoms with Gasteiger partial charge in [-0.15, -0.1) is 0 Å². The summed E-state index contributed by atoms with van der Waals surface area (Å²) in [6.45, 7) is 1.89. The van der Waals surface area contributed by atoms with Crippen LogP contribution in [0.15, 0.2) is 42.5 Å². The quantitative estimate of drug-likeness (QED) is 0.781. The zero-order chi connectivity index (χ0) is 13.0. The zero-order valence-electron chi connectivity index (χ0n) is 10.2. The molecular formula is C14H17NO3. The summed E-state index contributed by atoms with van der Waals surface area (Å²) in [5.74, 6) is -0.170.